The van der Waals surface area contributed by atoms with E-state index < -0.39 is 0 Å². The van der Waals surface area contributed by atoms with Crippen LogP contribution < -0.4 is 5.32 Å². The van der Waals surface area contributed by atoms with Crippen LogP contribution in [0.2, 0.25) is 0 Å². The Kier molecular flexibility index (Phi) is 2.98. The van der Waals surface area contributed by atoms with E-state index in [0.29, 0.717) is 5.92 Å². The Morgan fingerprint density at radius 1 is 1.62 bits per heavy atom. The van der Waals surface area contributed by atoms with Crippen LogP contribution in [0.4, 0.5) is 0 Å². The van der Waals surface area contributed by atoms with Gasteiger partial charge in [-0.3, -0.25) is 0 Å². The first-order valence-corrected chi connectivity index (χ1v) is 5.65. The van der Waals surface area contributed by atoms with Gasteiger partial charge in [-0.15, -0.1) is 11.3 Å². The molecule has 2 unspecified atom stereocenters. The first kappa shape index (κ1) is 9.19. The average molecular weight is 197 g/mol. The molecule has 0 saturated carbocycles. The minimum Gasteiger partial charge on any atom is -0.392 e. The maximum atomic E-state index is 9.71. The molecule has 2 atom stereocenters. The van der Waals surface area contributed by atoms with Gasteiger partial charge in [0.05, 0.1) is 6.10 Å². The van der Waals surface area contributed by atoms with Crippen molar-refractivity contribution in [2.45, 2.75) is 18.9 Å². The molecule has 2 rings (SSSR count). The number of hydrogen-bond acceptors (Lipinski definition) is 3. The number of piperidine rings is 1. The highest BCUT2D eigenvalue weighted by atomic mass is 32.1. The lowest BCUT2D eigenvalue weighted by Crippen LogP contribution is -2.41. The zero-order chi connectivity index (χ0) is 9.10. The fraction of sp³-hybridized carbons (Fsp3) is 0.600. The van der Waals surface area contributed by atoms with Gasteiger partial charge in [-0.2, -0.15) is 0 Å². The summed E-state index contributed by atoms with van der Waals surface area (Å²) in [5, 5.41) is 15.0. The normalized spacial score (nSPS) is 29.0. The Morgan fingerprint density at radius 2 is 2.54 bits per heavy atom. The third-order valence-corrected chi connectivity index (χ3v) is 3.53. The van der Waals surface area contributed by atoms with Gasteiger partial charge in [-0.25, -0.2) is 0 Å². The molecular weight excluding hydrogens is 182 g/mol. The third-order valence-electron chi connectivity index (χ3n) is 2.63. The average Bonchev–Trinajstić information content (AvgIpc) is 2.61. The smallest absolute Gasteiger partial charge is 0.0696 e. The molecule has 1 aromatic rings. The van der Waals surface area contributed by atoms with E-state index in [4.69, 9.17) is 0 Å². The summed E-state index contributed by atoms with van der Waals surface area (Å²) in [5.41, 5.74) is 0. The molecule has 1 fully saturated rings. The first-order chi connectivity index (χ1) is 6.36. The maximum absolute atomic E-state index is 9.71. The molecule has 13 heavy (non-hydrogen) atoms. The number of rotatable bonds is 2. The summed E-state index contributed by atoms with van der Waals surface area (Å²) < 4.78 is 0. The van der Waals surface area contributed by atoms with Gasteiger partial charge in [0.15, 0.2) is 0 Å². The molecule has 0 radical (unpaired) electrons. The van der Waals surface area contributed by atoms with Crippen molar-refractivity contribution in [3.05, 3.63) is 22.4 Å². The van der Waals surface area contributed by atoms with E-state index >= 15 is 0 Å². The van der Waals surface area contributed by atoms with E-state index in [1.165, 1.54) is 4.88 Å². The van der Waals surface area contributed by atoms with E-state index in [1.54, 1.807) is 11.3 Å². The van der Waals surface area contributed by atoms with E-state index in [0.717, 1.165) is 25.9 Å². The van der Waals surface area contributed by atoms with Crippen LogP contribution in [0.15, 0.2) is 17.5 Å². The van der Waals surface area contributed by atoms with Gasteiger partial charge in [0.25, 0.3) is 0 Å². The van der Waals surface area contributed by atoms with Gasteiger partial charge in [0.2, 0.25) is 0 Å². The zero-order valence-electron chi connectivity index (χ0n) is 7.57. The standard InChI is InChI=1S/C10H15NOS/c12-10-7-11-4-3-8(10)6-9-2-1-5-13-9/h1-2,5,8,10-12H,3-4,6-7H2. The molecule has 72 valence electrons. The largest absolute Gasteiger partial charge is 0.392 e. The number of thiophene rings is 1. The SMILES string of the molecule is OC1CNCCC1Cc1cccs1. The molecule has 1 aliphatic rings. The number of aliphatic hydroxyl groups excluding tert-OH is 1. The lowest BCUT2D eigenvalue weighted by molar-refractivity contribution is 0.0824. The van der Waals surface area contributed by atoms with Crippen LogP contribution in [-0.2, 0) is 6.42 Å². The van der Waals surface area contributed by atoms with Crippen molar-refractivity contribution in [1.29, 1.82) is 0 Å². The summed E-state index contributed by atoms with van der Waals surface area (Å²) in [6.45, 7) is 1.81. The van der Waals surface area contributed by atoms with Crippen LogP contribution in [0.25, 0.3) is 0 Å². The molecule has 0 aromatic carbocycles. The quantitative estimate of drug-likeness (QED) is 0.748. The second kappa shape index (κ2) is 4.22. The van der Waals surface area contributed by atoms with Crippen molar-refractivity contribution >= 4 is 11.3 Å². The number of β-amino-alcohol motifs (C(OH)–C–C–N with tert-alkyl or cyclic N) is 1. The molecule has 1 saturated heterocycles. The van der Waals surface area contributed by atoms with Crippen LogP contribution in [0.1, 0.15) is 11.3 Å². The number of nitrogens with one attached hydrogen (secondary N) is 1. The van der Waals surface area contributed by atoms with E-state index in [1.807, 2.05) is 0 Å². The highest BCUT2D eigenvalue weighted by Crippen LogP contribution is 2.21. The minimum atomic E-state index is -0.157. The van der Waals surface area contributed by atoms with Crippen molar-refractivity contribution in [3.8, 4) is 0 Å². The molecule has 0 spiro atoms. The Bertz CT molecular complexity index is 247. The molecule has 2 nitrogen and oxygen atoms in total. The molecule has 0 bridgehead atoms. The van der Waals surface area contributed by atoms with Crippen LogP contribution in [0.5, 0.6) is 0 Å². The number of aliphatic hydroxyl groups is 1. The van der Waals surface area contributed by atoms with E-state index in [2.05, 4.69) is 22.8 Å². The summed E-state index contributed by atoms with van der Waals surface area (Å²) in [7, 11) is 0. The Morgan fingerprint density at radius 3 is 3.23 bits per heavy atom. The molecule has 1 aromatic heterocycles. The number of hydrogen-bond donors (Lipinski definition) is 2. The molecule has 3 heteroatoms. The molecular formula is C10H15NOS. The van der Waals surface area contributed by atoms with Gasteiger partial charge in [-0.1, -0.05) is 6.07 Å². The highest BCUT2D eigenvalue weighted by molar-refractivity contribution is 7.09. The highest BCUT2D eigenvalue weighted by Gasteiger charge is 2.22. The predicted octanol–water partition coefficient (Wildman–Crippen LogP) is 1.26. The minimum absolute atomic E-state index is 0.157. The molecule has 2 N–H and O–H groups in total. The lowest BCUT2D eigenvalue weighted by atomic mass is 9.91. The summed E-state index contributed by atoms with van der Waals surface area (Å²) in [6, 6.07) is 4.23. The fourth-order valence-electron chi connectivity index (χ4n) is 1.82. The van der Waals surface area contributed by atoms with E-state index in [-0.39, 0.29) is 6.10 Å². The molecule has 0 amide bonds. The zero-order valence-corrected chi connectivity index (χ0v) is 8.39. The van der Waals surface area contributed by atoms with Crippen LogP contribution in [0.3, 0.4) is 0 Å². The van der Waals surface area contributed by atoms with Crippen molar-refractivity contribution in [1.82, 2.24) is 5.32 Å². The third kappa shape index (κ3) is 2.30. The lowest BCUT2D eigenvalue weighted by Gasteiger charge is -2.27. The molecule has 0 aliphatic carbocycles. The van der Waals surface area contributed by atoms with Crippen molar-refractivity contribution in [2.24, 2.45) is 5.92 Å². The first-order valence-electron chi connectivity index (χ1n) is 4.77. The topological polar surface area (TPSA) is 32.3 Å². The summed E-state index contributed by atoms with van der Waals surface area (Å²) in [5.74, 6) is 0.458. The van der Waals surface area contributed by atoms with Gasteiger partial charge in [0.1, 0.15) is 0 Å². The fourth-order valence-corrected chi connectivity index (χ4v) is 2.62. The Labute approximate surface area is 82.6 Å². The van der Waals surface area contributed by atoms with Gasteiger partial charge in [-0.05, 0) is 36.8 Å². The molecule has 1 aliphatic heterocycles. The monoisotopic (exact) mass is 197 g/mol. The summed E-state index contributed by atoms with van der Waals surface area (Å²) in [6.07, 6.45) is 1.98. The summed E-state index contributed by atoms with van der Waals surface area (Å²) in [4.78, 5) is 1.39. The second-order valence-electron chi connectivity index (χ2n) is 3.60. The predicted molar refractivity (Wildman–Crippen MR) is 55.0 cm³/mol. The Hall–Kier alpha value is -0.380. The van der Waals surface area contributed by atoms with Gasteiger partial charge >= 0.3 is 0 Å². The second-order valence-corrected chi connectivity index (χ2v) is 4.64. The summed E-state index contributed by atoms with van der Waals surface area (Å²) >= 11 is 1.79. The van der Waals surface area contributed by atoms with Crippen molar-refractivity contribution in [3.63, 3.8) is 0 Å². The van der Waals surface area contributed by atoms with Gasteiger partial charge < -0.3 is 10.4 Å². The van der Waals surface area contributed by atoms with Crippen LogP contribution in [-0.4, -0.2) is 24.3 Å². The molecule has 2 heterocycles. The van der Waals surface area contributed by atoms with Gasteiger partial charge in [0, 0.05) is 11.4 Å². The maximum Gasteiger partial charge on any atom is 0.0696 e. The van der Waals surface area contributed by atoms with Crippen molar-refractivity contribution < 1.29 is 5.11 Å². The Balaban J connectivity index is 1.93. The van der Waals surface area contributed by atoms with Crippen molar-refractivity contribution in [2.75, 3.05) is 13.1 Å². The van der Waals surface area contributed by atoms with Crippen LogP contribution >= 0.6 is 11.3 Å². The van der Waals surface area contributed by atoms with Crippen LogP contribution in [0, 0.1) is 5.92 Å². The van der Waals surface area contributed by atoms with E-state index in [9.17, 15) is 5.11 Å².